The van der Waals surface area contributed by atoms with Crippen LogP contribution in [-0.2, 0) is 10.2 Å². The van der Waals surface area contributed by atoms with Crippen LogP contribution in [0.5, 0.6) is 0 Å². The Balaban J connectivity index is 1.81. The molecule has 1 aliphatic carbocycles. The summed E-state index contributed by atoms with van der Waals surface area (Å²) in [6, 6.07) is 11.3. The van der Waals surface area contributed by atoms with Crippen molar-refractivity contribution in [2.24, 2.45) is 0 Å². The van der Waals surface area contributed by atoms with E-state index in [1.165, 1.54) is 0 Å². The number of para-hydroxylation sites is 1. The van der Waals surface area contributed by atoms with Crippen molar-refractivity contribution in [3.8, 4) is 0 Å². The van der Waals surface area contributed by atoms with Gasteiger partial charge in [-0.2, -0.15) is 0 Å². The van der Waals surface area contributed by atoms with Crippen molar-refractivity contribution in [3.05, 3.63) is 47.9 Å². The number of rotatable bonds is 3. The fourth-order valence-corrected chi connectivity index (χ4v) is 2.09. The van der Waals surface area contributed by atoms with E-state index < -0.39 is 5.41 Å². The summed E-state index contributed by atoms with van der Waals surface area (Å²) in [5.74, 6) is 0.741. The summed E-state index contributed by atoms with van der Waals surface area (Å²) in [5.41, 5.74) is 1.08. The molecule has 18 heavy (non-hydrogen) atoms. The zero-order valence-electron chi connectivity index (χ0n) is 10.1. The van der Waals surface area contributed by atoms with Crippen LogP contribution >= 0.6 is 0 Å². The Morgan fingerprint density at radius 2 is 2.06 bits per heavy atom. The van der Waals surface area contributed by atoms with E-state index in [4.69, 9.17) is 4.52 Å². The zero-order valence-corrected chi connectivity index (χ0v) is 10.1. The molecule has 0 spiro atoms. The third kappa shape index (κ3) is 1.79. The highest BCUT2D eigenvalue weighted by atomic mass is 16.5. The second kappa shape index (κ2) is 3.98. The standard InChI is InChI=1S/C14H14N2O2/c1-10-9-12(16-18-10)14(7-8-14)13(17)15-11-5-3-2-4-6-11/h2-6,9H,7-8H2,1H3,(H,15,17). The molecule has 1 heterocycles. The first kappa shape index (κ1) is 11.0. The molecule has 0 radical (unpaired) electrons. The number of aryl methyl sites for hydroxylation is 1. The summed E-state index contributed by atoms with van der Waals surface area (Å²) < 4.78 is 5.06. The van der Waals surface area contributed by atoms with Crippen molar-refractivity contribution in [1.29, 1.82) is 0 Å². The Hall–Kier alpha value is -2.10. The van der Waals surface area contributed by atoms with Crippen LogP contribution in [0.2, 0.25) is 0 Å². The van der Waals surface area contributed by atoms with E-state index in [1.807, 2.05) is 43.3 Å². The molecule has 0 unspecified atom stereocenters. The fraction of sp³-hybridized carbons (Fsp3) is 0.286. The predicted octanol–water partition coefficient (Wildman–Crippen LogP) is 2.65. The van der Waals surface area contributed by atoms with Crippen molar-refractivity contribution < 1.29 is 9.32 Å². The summed E-state index contributed by atoms with van der Waals surface area (Å²) >= 11 is 0. The van der Waals surface area contributed by atoms with Crippen molar-refractivity contribution >= 4 is 11.6 Å². The van der Waals surface area contributed by atoms with Crippen LogP contribution in [0, 0.1) is 6.92 Å². The number of nitrogens with zero attached hydrogens (tertiary/aromatic N) is 1. The maximum atomic E-state index is 12.3. The normalized spacial score (nSPS) is 16.3. The summed E-state index contributed by atoms with van der Waals surface area (Å²) in [6.45, 7) is 1.84. The van der Waals surface area contributed by atoms with Crippen LogP contribution in [0.4, 0.5) is 5.69 Å². The molecule has 1 fully saturated rings. The highest BCUT2D eigenvalue weighted by Gasteiger charge is 2.53. The number of amides is 1. The molecule has 1 aromatic heterocycles. The highest BCUT2D eigenvalue weighted by molar-refractivity contribution is 6.01. The molecule has 0 saturated heterocycles. The largest absolute Gasteiger partial charge is 0.361 e. The highest BCUT2D eigenvalue weighted by Crippen LogP contribution is 2.48. The number of carbonyl (C=O) groups excluding carboxylic acids is 1. The third-order valence-corrected chi connectivity index (χ3v) is 3.33. The second-order valence-corrected chi connectivity index (χ2v) is 4.73. The second-order valence-electron chi connectivity index (χ2n) is 4.73. The van der Waals surface area contributed by atoms with Crippen molar-refractivity contribution in [3.63, 3.8) is 0 Å². The van der Waals surface area contributed by atoms with Gasteiger partial charge in [0, 0.05) is 11.8 Å². The molecule has 0 bridgehead atoms. The first-order valence-electron chi connectivity index (χ1n) is 6.01. The number of benzene rings is 1. The van der Waals surface area contributed by atoms with Gasteiger partial charge in [-0.3, -0.25) is 4.79 Å². The van der Waals surface area contributed by atoms with Gasteiger partial charge in [0.15, 0.2) is 0 Å². The monoisotopic (exact) mass is 242 g/mol. The van der Waals surface area contributed by atoms with E-state index in [9.17, 15) is 4.79 Å². The molecule has 1 amide bonds. The molecule has 4 heteroatoms. The van der Waals surface area contributed by atoms with Gasteiger partial charge in [0.1, 0.15) is 5.76 Å². The number of carbonyl (C=O) groups is 1. The number of nitrogens with one attached hydrogen (secondary N) is 1. The Morgan fingerprint density at radius 3 is 2.61 bits per heavy atom. The zero-order chi connectivity index (χ0) is 12.6. The van der Waals surface area contributed by atoms with Crippen LogP contribution in [0.15, 0.2) is 40.9 Å². The Labute approximate surface area is 105 Å². The summed E-state index contributed by atoms with van der Waals surface area (Å²) in [4.78, 5) is 12.3. The van der Waals surface area contributed by atoms with Gasteiger partial charge in [0.25, 0.3) is 0 Å². The van der Waals surface area contributed by atoms with E-state index in [0.717, 1.165) is 30.0 Å². The Bertz CT molecular complexity index is 570. The van der Waals surface area contributed by atoms with Gasteiger partial charge in [-0.15, -0.1) is 0 Å². The molecule has 1 saturated carbocycles. The lowest BCUT2D eigenvalue weighted by Gasteiger charge is -2.12. The summed E-state index contributed by atoms with van der Waals surface area (Å²) in [7, 11) is 0. The number of anilines is 1. The van der Waals surface area contributed by atoms with Crippen molar-refractivity contribution in [2.75, 3.05) is 5.32 Å². The van der Waals surface area contributed by atoms with Crippen molar-refractivity contribution in [2.45, 2.75) is 25.2 Å². The maximum absolute atomic E-state index is 12.3. The molecule has 1 aliphatic rings. The van der Waals surface area contributed by atoms with Gasteiger partial charge in [0.05, 0.1) is 11.1 Å². The quantitative estimate of drug-likeness (QED) is 0.900. The third-order valence-electron chi connectivity index (χ3n) is 3.33. The molecular formula is C14H14N2O2. The Kier molecular flexibility index (Phi) is 2.44. The van der Waals surface area contributed by atoms with Crippen LogP contribution in [0.1, 0.15) is 24.3 Å². The van der Waals surface area contributed by atoms with E-state index in [0.29, 0.717) is 0 Å². The molecule has 0 atom stereocenters. The van der Waals surface area contributed by atoms with Gasteiger partial charge in [0.2, 0.25) is 5.91 Å². The molecule has 2 aromatic rings. The van der Waals surface area contributed by atoms with Gasteiger partial charge >= 0.3 is 0 Å². The van der Waals surface area contributed by atoms with Crippen LogP contribution in [-0.4, -0.2) is 11.1 Å². The van der Waals surface area contributed by atoms with E-state index in [2.05, 4.69) is 10.5 Å². The van der Waals surface area contributed by atoms with Gasteiger partial charge in [-0.25, -0.2) is 0 Å². The Morgan fingerprint density at radius 1 is 1.33 bits per heavy atom. The van der Waals surface area contributed by atoms with E-state index in [-0.39, 0.29) is 5.91 Å². The van der Waals surface area contributed by atoms with Gasteiger partial charge in [-0.05, 0) is 31.9 Å². The SMILES string of the molecule is Cc1cc(C2(C(=O)Nc3ccccc3)CC2)no1. The minimum absolute atomic E-state index is 0.00185. The van der Waals surface area contributed by atoms with E-state index in [1.54, 1.807) is 0 Å². The smallest absolute Gasteiger partial charge is 0.236 e. The van der Waals surface area contributed by atoms with Crippen LogP contribution in [0.25, 0.3) is 0 Å². The molecule has 1 aromatic carbocycles. The van der Waals surface area contributed by atoms with E-state index >= 15 is 0 Å². The molecule has 92 valence electrons. The lowest BCUT2D eigenvalue weighted by Crippen LogP contribution is -2.28. The predicted molar refractivity (Wildman–Crippen MR) is 67.2 cm³/mol. The topological polar surface area (TPSA) is 55.1 Å². The van der Waals surface area contributed by atoms with Gasteiger partial charge in [-0.1, -0.05) is 23.4 Å². The molecule has 0 aliphatic heterocycles. The summed E-state index contributed by atoms with van der Waals surface area (Å²) in [5, 5.41) is 6.91. The number of hydrogen-bond donors (Lipinski definition) is 1. The average molecular weight is 242 g/mol. The number of hydrogen-bond acceptors (Lipinski definition) is 3. The minimum Gasteiger partial charge on any atom is -0.361 e. The first-order valence-corrected chi connectivity index (χ1v) is 6.01. The lowest BCUT2D eigenvalue weighted by molar-refractivity contribution is -0.118. The molecular weight excluding hydrogens is 228 g/mol. The van der Waals surface area contributed by atoms with Gasteiger partial charge < -0.3 is 9.84 Å². The molecule has 3 rings (SSSR count). The summed E-state index contributed by atoms with van der Waals surface area (Å²) in [6.07, 6.45) is 1.66. The van der Waals surface area contributed by atoms with Crippen LogP contribution < -0.4 is 5.32 Å². The lowest BCUT2D eigenvalue weighted by atomic mass is 10.0. The number of aromatic nitrogens is 1. The minimum atomic E-state index is -0.479. The maximum Gasteiger partial charge on any atom is 0.236 e. The molecule has 4 nitrogen and oxygen atoms in total. The first-order chi connectivity index (χ1) is 8.71. The van der Waals surface area contributed by atoms with Crippen LogP contribution in [0.3, 0.4) is 0 Å². The van der Waals surface area contributed by atoms with Crippen molar-refractivity contribution in [1.82, 2.24) is 5.16 Å². The average Bonchev–Trinajstić information content (AvgIpc) is 3.08. The fourth-order valence-electron chi connectivity index (χ4n) is 2.09. The molecule has 1 N–H and O–H groups in total.